The van der Waals surface area contributed by atoms with Crippen LogP contribution in [0.5, 0.6) is 11.5 Å². The van der Waals surface area contributed by atoms with Gasteiger partial charge in [0.15, 0.2) is 0 Å². The number of hydrogen-bond acceptors (Lipinski definition) is 1. The Bertz CT molecular complexity index is 1290. The number of benzene rings is 4. The highest BCUT2D eigenvalue weighted by Crippen LogP contribution is 2.38. The molecule has 0 amide bonds. The van der Waals surface area contributed by atoms with Crippen LogP contribution in [0.2, 0.25) is 0 Å². The van der Waals surface area contributed by atoms with Gasteiger partial charge in [-0.3, -0.25) is 0 Å². The lowest BCUT2D eigenvalue weighted by Gasteiger charge is -2.15. The van der Waals surface area contributed by atoms with Crippen LogP contribution >= 0.6 is 0 Å². The SMILES string of the molecule is CCCCCCCCCCCCc1ccc(-c2ccccc2Oc2ccccc2-c2ccc(CCCCCCCCCCCC)cc2)cc1. The first-order chi connectivity index (χ1) is 24.3. The highest BCUT2D eigenvalue weighted by Gasteiger charge is 2.11. The zero-order valence-corrected chi connectivity index (χ0v) is 31.2. The van der Waals surface area contributed by atoms with Gasteiger partial charge in [-0.05, 0) is 60.1 Å². The molecule has 0 saturated heterocycles. The summed E-state index contributed by atoms with van der Waals surface area (Å²) in [4.78, 5) is 0. The zero-order valence-electron chi connectivity index (χ0n) is 31.2. The van der Waals surface area contributed by atoms with Gasteiger partial charge in [0.1, 0.15) is 11.5 Å². The zero-order chi connectivity index (χ0) is 34.2. The molecule has 0 saturated carbocycles. The number of para-hydroxylation sites is 2. The van der Waals surface area contributed by atoms with Crippen LogP contribution in [0.15, 0.2) is 97.1 Å². The van der Waals surface area contributed by atoms with Crippen molar-refractivity contribution in [1.82, 2.24) is 0 Å². The molecule has 1 heteroatoms. The molecule has 4 aromatic rings. The van der Waals surface area contributed by atoms with Crippen molar-refractivity contribution >= 4 is 0 Å². The summed E-state index contributed by atoms with van der Waals surface area (Å²) in [7, 11) is 0. The maximum atomic E-state index is 6.69. The molecular weight excluding hydrogens is 593 g/mol. The fraction of sp³-hybridized carbons (Fsp3) is 0.500. The van der Waals surface area contributed by atoms with Gasteiger partial charge in [0.05, 0.1) is 0 Å². The molecule has 0 bridgehead atoms. The molecule has 0 fully saturated rings. The molecule has 0 aliphatic rings. The lowest BCUT2D eigenvalue weighted by molar-refractivity contribution is 0.486. The van der Waals surface area contributed by atoms with Crippen molar-refractivity contribution in [3.8, 4) is 33.8 Å². The number of hydrogen-bond donors (Lipinski definition) is 0. The van der Waals surface area contributed by atoms with Gasteiger partial charge in [0, 0.05) is 11.1 Å². The first kappa shape index (κ1) is 38.5. The van der Waals surface area contributed by atoms with Crippen LogP contribution in [0.1, 0.15) is 153 Å². The molecule has 0 aliphatic heterocycles. The summed E-state index contributed by atoms with van der Waals surface area (Å²) >= 11 is 0. The highest BCUT2D eigenvalue weighted by atomic mass is 16.5. The number of rotatable bonds is 26. The summed E-state index contributed by atoms with van der Waals surface area (Å²) < 4.78 is 6.69. The van der Waals surface area contributed by atoms with Crippen LogP contribution < -0.4 is 4.74 Å². The molecule has 4 aromatic carbocycles. The Morgan fingerprint density at radius 3 is 0.980 bits per heavy atom. The summed E-state index contributed by atoms with van der Waals surface area (Å²) in [6.07, 6.45) is 30.0. The lowest BCUT2D eigenvalue weighted by atomic mass is 9.99. The lowest BCUT2D eigenvalue weighted by Crippen LogP contribution is -1.92. The van der Waals surface area contributed by atoms with Gasteiger partial charge in [-0.1, -0.05) is 214 Å². The van der Waals surface area contributed by atoms with E-state index in [1.54, 1.807) is 0 Å². The van der Waals surface area contributed by atoms with Crippen LogP contribution in [-0.4, -0.2) is 0 Å². The maximum absolute atomic E-state index is 6.69. The summed E-state index contributed by atoms with van der Waals surface area (Å²) in [6.45, 7) is 4.59. The van der Waals surface area contributed by atoms with Gasteiger partial charge >= 0.3 is 0 Å². The second kappa shape index (κ2) is 23.9. The van der Waals surface area contributed by atoms with Gasteiger partial charge < -0.3 is 4.74 Å². The van der Waals surface area contributed by atoms with Crippen LogP contribution in [0.3, 0.4) is 0 Å². The normalized spacial score (nSPS) is 11.2. The van der Waals surface area contributed by atoms with Gasteiger partial charge in [-0.25, -0.2) is 0 Å². The molecule has 0 aliphatic carbocycles. The molecule has 0 atom stereocenters. The molecule has 49 heavy (non-hydrogen) atoms. The average molecular weight is 659 g/mol. The van der Waals surface area contributed by atoms with E-state index in [0.717, 1.165) is 22.6 Å². The van der Waals surface area contributed by atoms with E-state index in [0.29, 0.717) is 0 Å². The molecule has 0 N–H and O–H groups in total. The van der Waals surface area contributed by atoms with E-state index in [-0.39, 0.29) is 0 Å². The topological polar surface area (TPSA) is 9.23 Å². The number of aryl methyl sites for hydroxylation is 2. The van der Waals surface area contributed by atoms with Crippen LogP contribution in [-0.2, 0) is 12.8 Å². The van der Waals surface area contributed by atoms with E-state index < -0.39 is 0 Å². The highest BCUT2D eigenvalue weighted by molar-refractivity contribution is 5.74. The summed E-state index contributed by atoms with van der Waals surface area (Å²) in [6, 6.07) is 35.2. The third kappa shape index (κ3) is 14.6. The molecule has 0 aromatic heterocycles. The summed E-state index contributed by atoms with van der Waals surface area (Å²) in [5, 5.41) is 0. The summed E-state index contributed by atoms with van der Waals surface area (Å²) in [5.74, 6) is 1.80. The van der Waals surface area contributed by atoms with E-state index in [2.05, 4.69) is 111 Å². The third-order valence-electron chi connectivity index (χ3n) is 10.2. The Balaban J connectivity index is 1.24. The molecule has 0 radical (unpaired) electrons. The number of ether oxygens (including phenoxy) is 1. The summed E-state index contributed by atoms with van der Waals surface area (Å²) in [5.41, 5.74) is 7.55. The third-order valence-corrected chi connectivity index (χ3v) is 10.2. The van der Waals surface area contributed by atoms with E-state index in [9.17, 15) is 0 Å². The Kier molecular flexibility index (Phi) is 18.8. The van der Waals surface area contributed by atoms with Crippen molar-refractivity contribution in [2.45, 2.75) is 155 Å². The van der Waals surface area contributed by atoms with Crippen molar-refractivity contribution in [2.75, 3.05) is 0 Å². The van der Waals surface area contributed by atoms with Crippen molar-refractivity contribution in [2.24, 2.45) is 0 Å². The molecule has 4 rings (SSSR count). The Morgan fingerprint density at radius 2 is 0.633 bits per heavy atom. The molecule has 0 heterocycles. The van der Waals surface area contributed by atoms with Gasteiger partial charge in [0.25, 0.3) is 0 Å². The smallest absolute Gasteiger partial charge is 0.135 e. The minimum atomic E-state index is 0.898. The standard InChI is InChI=1S/C48H66O/c1-3-5-7-9-11-13-15-17-19-21-27-41-33-37-43(38-34-41)45-29-23-25-31-47(45)49-48-32-26-24-30-46(48)44-39-35-42(36-40-44)28-22-20-18-16-14-12-10-8-6-4-2/h23-26,29-40H,3-22,27-28H2,1-2H3. The van der Waals surface area contributed by atoms with E-state index in [1.807, 2.05) is 0 Å². The monoisotopic (exact) mass is 659 g/mol. The largest absolute Gasteiger partial charge is 0.456 e. The second-order valence-corrected chi connectivity index (χ2v) is 14.4. The maximum Gasteiger partial charge on any atom is 0.135 e. The van der Waals surface area contributed by atoms with E-state index >= 15 is 0 Å². The van der Waals surface area contributed by atoms with Crippen LogP contribution in [0.25, 0.3) is 22.3 Å². The molecule has 0 unspecified atom stereocenters. The Labute approximate surface area is 300 Å². The van der Waals surface area contributed by atoms with Gasteiger partial charge in [-0.15, -0.1) is 0 Å². The minimum Gasteiger partial charge on any atom is -0.456 e. The predicted molar refractivity (Wildman–Crippen MR) is 215 cm³/mol. The molecule has 1 nitrogen and oxygen atoms in total. The fourth-order valence-electron chi connectivity index (χ4n) is 7.04. The van der Waals surface area contributed by atoms with Crippen molar-refractivity contribution in [3.05, 3.63) is 108 Å². The average Bonchev–Trinajstić information content (AvgIpc) is 3.14. The van der Waals surface area contributed by atoms with Crippen LogP contribution in [0.4, 0.5) is 0 Å². The Morgan fingerprint density at radius 1 is 0.327 bits per heavy atom. The Hall–Kier alpha value is -3.32. The van der Waals surface area contributed by atoms with E-state index in [1.165, 1.54) is 164 Å². The van der Waals surface area contributed by atoms with Gasteiger partial charge in [-0.2, -0.15) is 0 Å². The van der Waals surface area contributed by atoms with E-state index in [4.69, 9.17) is 4.74 Å². The van der Waals surface area contributed by atoms with Crippen molar-refractivity contribution < 1.29 is 4.74 Å². The quantitative estimate of drug-likeness (QED) is 0.0610. The predicted octanol–water partition coefficient (Wildman–Crippen LogP) is 15.7. The van der Waals surface area contributed by atoms with Crippen molar-refractivity contribution in [1.29, 1.82) is 0 Å². The first-order valence-corrected chi connectivity index (χ1v) is 20.3. The second-order valence-electron chi connectivity index (χ2n) is 14.4. The minimum absolute atomic E-state index is 0.898. The first-order valence-electron chi connectivity index (χ1n) is 20.3. The molecule has 0 spiro atoms. The van der Waals surface area contributed by atoms with Crippen LogP contribution in [0, 0.1) is 0 Å². The van der Waals surface area contributed by atoms with Crippen molar-refractivity contribution in [3.63, 3.8) is 0 Å². The number of unbranched alkanes of at least 4 members (excludes halogenated alkanes) is 18. The van der Waals surface area contributed by atoms with Gasteiger partial charge in [0.2, 0.25) is 0 Å². The fourth-order valence-corrected chi connectivity index (χ4v) is 7.04. The molecule has 264 valence electrons. The molecular formula is C48H66O.